The normalized spacial score (nSPS) is 10.5. The molecular formula is C13H15FN4O. The van der Waals surface area contributed by atoms with Gasteiger partial charge >= 0.3 is 0 Å². The van der Waals surface area contributed by atoms with Crippen LogP contribution < -0.4 is 10.5 Å². The number of benzene rings is 1. The highest BCUT2D eigenvalue weighted by Crippen LogP contribution is 2.23. The van der Waals surface area contributed by atoms with Crippen molar-refractivity contribution in [2.45, 2.75) is 13.3 Å². The molecule has 2 N–H and O–H groups in total. The number of hydrogen-bond acceptors (Lipinski definition) is 5. The van der Waals surface area contributed by atoms with Crippen molar-refractivity contribution in [3.05, 3.63) is 35.7 Å². The van der Waals surface area contributed by atoms with Crippen LogP contribution in [0.4, 0.5) is 4.39 Å². The Kier molecular flexibility index (Phi) is 4.01. The molecular weight excluding hydrogens is 247 g/mol. The van der Waals surface area contributed by atoms with Crippen LogP contribution in [0.3, 0.4) is 0 Å². The highest BCUT2D eigenvalue weighted by molar-refractivity contribution is 5.56. The van der Waals surface area contributed by atoms with E-state index in [9.17, 15) is 4.39 Å². The molecule has 0 aliphatic carbocycles. The van der Waals surface area contributed by atoms with Crippen LogP contribution in [0.2, 0.25) is 0 Å². The summed E-state index contributed by atoms with van der Waals surface area (Å²) in [5.74, 6) is 1.39. The molecule has 0 saturated heterocycles. The highest BCUT2D eigenvalue weighted by Gasteiger charge is 2.09. The van der Waals surface area contributed by atoms with Gasteiger partial charge in [-0.3, -0.25) is 0 Å². The van der Waals surface area contributed by atoms with E-state index < -0.39 is 5.82 Å². The van der Waals surface area contributed by atoms with Crippen LogP contribution in [0.25, 0.3) is 11.4 Å². The maximum Gasteiger partial charge on any atom is 0.165 e. The van der Waals surface area contributed by atoms with Crippen molar-refractivity contribution in [3.8, 4) is 17.1 Å². The number of aryl methyl sites for hydroxylation is 1. The van der Waals surface area contributed by atoms with Gasteiger partial charge in [-0.05, 0) is 31.7 Å². The van der Waals surface area contributed by atoms with Gasteiger partial charge in [-0.2, -0.15) is 0 Å². The Morgan fingerprint density at radius 3 is 2.68 bits per heavy atom. The minimum atomic E-state index is -0.446. The summed E-state index contributed by atoms with van der Waals surface area (Å²) in [6.07, 6.45) is 0.564. The molecule has 100 valence electrons. The van der Waals surface area contributed by atoms with Crippen LogP contribution in [0.1, 0.15) is 11.6 Å². The number of ether oxygens (including phenoxy) is 1. The van der Waals surface area contributed by atoms with E-state index in [0.29, 0.717) is 36.0 Å². The van der Waals surface area contributed by atoms with Crippen LogP contribution in [-0.2, 0) is 6.42 Å². The van der Waals surface area contributed by atoms with E-state index in [2.05, 4.69) is 15.0 Å². The Hall–Kier alpha value is -2.08. The van der Waals surface area contributed by atoms with Gasteiger partial charge in [-0.1, -0.05) is 0 Å². The van der Waals surface area contributed by atoms with Gasteiger partial charge in [-0.15, -0.1) is 0 Å². The molecule has 19 heavy (non-hydrogen) atoms. The maximum absolute atomic E-state index is 13.7. The molecule has 0 atom stereocenters. The number of rotatable bonds is 4. The van der Waals surface area contributed by atoms with E-state index in [0.717, 1.165) is 0 Å². The van der Waals surface area contributed by atoms with Crippen LogP contribution in [0.15, 0.2) is 18.2 Å². The summed E-state index contributed by atoms with van der Waals surface area (Å²) in [5, 5.41) is 0. The predicted octanol–water partition coefficient (Wildman–Crippen LogP) is 1.50. The van der Waals surface area contributed by atoms with Crippen LogP contribution >= 0.6 is 0 Å². The maximum atomic E-state index is 13.7. The molecule has 0 fully saturated rings. The summed E-state index contributed by atoms with van der Waals surface area (Å²) in [7, 11) is 1.42. The quantitative estimate of drug-likeness (QED) is 0.903. The van der Waals surface area contributed by atoms with Gasteiger partial charge in [0.05, 0.1) is 7.11 Å². The Bertz CT molecular complexity index is 589. The minimum absolute atomic E-state index is 0.191. The van der Waals surface area contributed by atoms with Crippen molar-refractivity contribution in [1.82, 2.24) is 15.0 Å². The fraction of sp³-hybridized carbons (Fsp3) is 0.308. The molecule has 6 heteroatoms. The molecule has 2 aromatic rings. The van der Waals surface area contributed by atoms with Gasteiger partial charge in [0, 0.05) is 12.0 Å². The topological polar surface area (TPSA) is 73.9 Å². The van der Waals surface area contributed by atoms with Crippen molar-refractivity contribution in [1.29, 1.82) is 0 Å². The molecule has 0 aliphatic heterocycles. The molecule has 0 unspecified atom stereocenters. The minimum Gasteiger partial charge on any atom is -0.494 e. The van der Waals surface area contributed by atoms with E-state index in [-0.39, 0.29) is 5.75 Å². The van der Waals surface area contributed by atoms with Gasteiger partial charge in [0.15, 0.2) is 17.4 Å². The standard InChI is InChI=1S/C13H15FN4O/c1-8-16-12(5-6-15)18-13(17-8)9-3-4-11(19-2)10(14)7-9/h3-4,7H,5-6,15H2,1-2H3. The summed E-state index contributed by atoms with van der Waals surface area (Å²) >= 11 is 0. The molecule has 2 rings (SSSR count). The van der Waals surface area contributed by atoms with Gasteiger partial charge < -0.3 is 10.5 Å². The summed E-state index contributed by atoms with van der Waals surface area (Å²) in [5.41, 5.74) is 6.07. The van der Waals surface area contributed by atoms with Gasteiger partial charge in [0.25, 0.3) is 0 Å². The SMILES string of the molecule is COc1ccc(-c2nc(C)nc(CCN)n2)cc1F. The molecule has 5 nitrogen and oxygen atoms in total. The van der Waals surface area contributed by atoms with E-state index in [1.807, 2.05) is 0 Å². The number of halogens is 1. The zero-order valence-electron chi connectivity index (χ0n) is 10.9. The first-order chi connectivity index (χ1) is 9.13. The molecule has 1 aromatic carbocycles. The van der Waals surface area contributed by atoms with Crippen molar-refractivity contribution in [2.75, 3.05) is 13.7 Å². The summed E-state index contributed by atoms with van der Waals surface area (Å²) < 4.78 is 18.5. The zero-order valence-corrected chi connectivity index (χ0v) is 10.9. The first-order valence-electron chi connectivity index (χ1n) is 5.89. The largest absolute Gasteiger partial charge is 0.494 e. The second-order valence-corrected chi connectivity index (χ2v) is 4.01. The number of nitrogens with two attached hydrogens (primary N) is 1. The van der Waals surface area contributed by atoms with Crippen LogP contribution in [-0.4, -0.2) is 28.6 Å². The lowest BCUT2D eigenvalue weighted by Gasteiger charge is -2.06. The molecule has 1 aromatic heterocycles. The second-order valence-electron chi connectivity index (χ2n) is 4.01. The van der Waals surface area contributed by atoms with Crippen molar-refractivity contribution >= 4 is 0 Å². The third kappa shape index (κ3) is 3.03. The smallest absolute Gasteiger partial charge is 0.165 e. The van der Waals surface area contributed by atoms with Gasteiger partial charge in [0.1, 0.15) is 11.6 Å². The number of hydrogen-bond donors (Lipinski definition) is 1. The lowest BCUT2D eigenvalue weighted by molar-refractivity contribution is 0.386. The van der Waals surface area contributed by atoms with E-state index in [1.165, 1.54) is 13.2 Å². The van der Waals surface area contributed by atoms with Crippen molar-refractivity contribution in [3.63, 3.8) is 0 Å². The van der Waals surface area contributed by atoms with Crippen molar-refractivity contribution in [2.24, 2.45) is 5.73 Å². The van der Waals surface area contributed by atoms with Crippen molar-refractivity contribution < 1.29 is 9.13 Å². The third-order valence-corrected chi connectivity index (χ3v) is 2.57. The van der Waals surface area contributed by atoms with Gasteiger partial charge in [0.2, 0.25) is 0 Å². The molecule has 0 spiro atoms. The Balaban J connectivity index is 2.43. The molecule has 0 amide bonds. The summed E-state index contributed by atoms with van der Waals surface area (Å²) in [6, 6.07) is 4.61. The fourth-order valence-corrected chi connectivity index (χ4v) is 1.71. The first-order valence-corrected chi connectivity index (χ1v) is 5.89. The second kappa shape index (κ2) is 5.71. The monoisotopic (exact) mass is 262 g/mol. The third-order valence-electron chi connectivity index (χ3n) is 2.57. The van der Waals surface area contributed by atoms with Gasteiger partial charge in [-0.25, -0.2) is 19.3 Å². The lowest BCUT2D eigenvalue weighted by atomic mass is 10.2. The Morgan fingerprint density at radius 1 is 1.26 bits per heavy atom. The average Bonchev–Trinajstić information content (AvgIpc) is 2.38. The molecule has 0 radical (unpaired) electrons. The number of methoxy groups -OCH3 is 1. The zero-order chi connectivity index (χ0) is 13.8. The predicted molar refractivity (Wildman–Crippen MR) is 69.3 cm³/mol. The molecule has 0 bridgehead atoms. The average molecular weight is 262 g/mol. The molecule has 0 saturated carbocycles. The fourth-order valence-electron chi connectivity index (χ4n) is 1.71. The number of aromatic nitrogens is 3. The molecule has 0 aliphatic rings. The Morgan fingerprint density at radius 2 is 2.05 bits per heavy atom. The van der Waals surface area contributed by atoms with E-state index >= 15 is 0 Å². The number of nitrogens with zero attached hydrogens (tertiary/aromatic N) is 3. The highest BCUT2D eigenvalue weighted by atomic mass is 19.1. The summed E-state index contributed by atoms with van der Waals surface area (Å²) in [4.78, 5) is 12.7. The summed E-state index contributed by atoms with van der Waals surface area (Å²) in [6.45, 7) is 2.23. The first kappa shape index (κ1) is 13.4. The Labute approximate surface area is 110 Å². The molecule has 1 heterocycles. The van der Waals surface area contributed by atoms with E-state index in [1.54, 1.807) is 19.1 Å². The van der Waals surface area contributed by atoms with E-state index in [4.69, 9.17) is 10.5 Å². The van der Waals surface area contributed by atoms with Crippen LogP contribution in [0, 0.1) is 12.7 Å². The van der Waals surface area contributed by atoms with Crippen LogP contribution in [0.5, 0.6) is 5.75 Å². The lowest BCUT2D eigenvalue weighted by Crippen LogP contribution is -2.09.